The zero-order valence-electron chi connectivity index (χ0n) is 21.2. The van der Waals surface area contributed by atoms with Crippen LogP contribution in [0.4, 0.5) is 0 Å². The Morgan fingerprint density at radius 1 is 0.714 bits per heavy atom. The summed E-state index contributed by atoms with van der Waals surface area (Å²) in [7, 11) is -0.344. The minimum atomic E-state index is -0.349. The Balaban J connectivity index is 1.45. The van der Waals surface area contributed by atoms with Crippen LogP contribution in [-0.4, -0.2) is 18.3 Å². The Morgan fingerprint density at radius 2 is 1.29 bits per heavy atom. The maximum Gasteiger partial charge on any atom is 0.494 e. The van der Waals surface area contributed by atoms with E-state index in [1.54, 1.807) is 0 Å². The lowest BCUT2D eigenvalue weighted by molar-refractivity contribution is 0.00578. The summed E-state index contributed by atoms with van der Waals surface area (Å²) in [6.45, 7) is 8.46. The van der Waals surface area contributed by atoms with E-state index in [0.717, 1.165) is 11.0 Å². The maximum absolute atomic E-state index is 9.18. The first-order valence-corrected chi connectivity index (χ1v) is 12.9. The van der Waals surface area contributed by atoms with Crippen molar-refractivity contribution in [3.63, 3.8) is 0 Å². The Bertz CT molecular complexity index is 1330. The van der Waals surface area contributed by atoms with E-state index < -0.39 is 0 Å². The number of rotatable bonds is 2. The van der Waals surface area contributed by atoms with Gasteiger partial charge in [0.1, 0.15) is 0 Å². The molecular weight excluding hydrogens is 429 g/mol. The second kappa shape index (κ2) is 7.82. The zero-order chi connectivity index (χ0) is 24.4. The lowest BCUT2D eigenvalue weighted by Gasteiger charge is -2.36. The largest absolute Gasteiger partial charge is 0.494 e. The summed E-state index contributed by atoms with van der Waals surface area (Å²) in [6.07, 6.45) is 6.16. The van der Waals surface area contributed by atoms with Gasteiger partial charge in [-0.1, -0.05) is 61.7 Å². The molecule has 3 aromatic rings. The molecule has 1 heterocycles. The van der Waals surface area contributed by atoms with Gasteiger partial charge in [0.15, 0.2) is 0 Å². The second-order valence-electron chi connectivity index (χ2n) is 11.5. The third-order valence-corrected chi connectivity index (χ3v) is 8.96. The molecule has 4 heteroatoms. The van der Waals surface area contributed by atoms with Crippen LogP contribution in [-0.2, 0) is 14.7 Å². The molecule has 3 aliphatic rings. The Hall–Kier alpha value is -2.87. The van der Waals surface area contributed by atoms with Gasteiger partial charge >= 0.3 is 7.12 Å². The lowest BCUT2D eigenvalue weighted by atomic mass is 9.66. The van der Waals surface area contributed by atoms with Crippen LogP contribution in [0.25, 0.3) is 22.3 Å². The summed E-state index contributed by atoms with van der Waals surface area (Å²) in [5.74, 6) is 0. The van der Waals surface area contributed by atoms with E-state index in [2.05, 4.69) is 82.3 Å². The summed E-state index contributed by atoms with van der Waals surface area (Å²) in [5.41, 5.74) is 9.16. The highest BCUT2D eigenvalue weighted by Crippen LogP contribution is 2.56. The van der Waals surface area contributed by atoms with Gasteiger partial charge in [0.25, 0.3) is 0 Å². The third-order valence-electron chi connectivity index (χ3n) is 8.96. The van der Waals surface area contributed by atoms with E-state index in [9.17, 15) is 5.26 Å². The number of fused-ring (bicyclic) bond motifs is 5. The van der Waals surface area contributed by atoms with Gasteiger partial charge in [-0.2, -0.15) is 5.26 Å². The van der Waals surface area contributed by atoms with Gasteiger partial charge in [-0.15, -0.1) is 0 Å². The highest BCUT2D eigenvalue weighted by molar-refractivity contribution is 6.62. The van der Waals surface area contributed by atoms with Crippen molar-refractivity contribution in [2.75, 3.05) is 0 Å². The molecule has 1 saturated carbocycles. The molecule has 0 unspecified atom stereocenters. The first-order valence-electron chi connectivity index (χ1n) is 12.9. The van der Waals surface area contributed by atoms with Crippen LogP contribution >= 0.6 is 0 Å². The molecule has 0 amide bonds. The maximum atomic E-state index is 9.18. The average Bonchev–Trinajstić information content (AvgIpc) is 3.25. The van der Waals surface area contributed by atoms with Crippen molar-refractivity contribution in [2.45, 2.75) is 76.4 Å². The van der Waals surface area contributed by atoms with E-state index in [-0.39, 0.29) is 23.7 Å². The van der Waals surface area contributed by atoms with Crippen LogP contribution in [0.15, 0.2) is 60.7 Å². The van der Waals surface area contributed by atoms with E-state index >= 15 is 0 Å². The standard InChI is InChI=1S/C31H32BNO2/c1-29(2)30(3,4)35-32(34-29)24-13-15-26-25-14-12-23(22-10-8-21(20-33)9-11-22)18-27(25)31(28(26)19-24)16-6-5-7-17-31/h8-15,18-19H,5-7,16-17H2,1-4H3. The third kappa shape index (κ3) is 3.40. The zero-order valence-corrected chi connectivity index (χ0v) is 21.2. The summed E-state index contributed by atoms with van der Waals surface area (Å²) >= 11 is 0. The fraction of sp³-hybridized carbons (Fsp3) is 0.387. The molecule has 0 aromatic heterocycles. The summed E-state index contributed by atoms with van der Waals surface area (Å²) in [4.78, 5) is 0. The van der Waals surface area contributed by atoms with Crippen molar-refractivity contribution in [2.24, 2.45) is 0 Å². The smallest absolute Gasteiger partial charge is 0.399 e. The van der Waals surface area contributed by atoms with Crippen molar-refractivity contribution in [3.8, 4) is 28.3 Å². The van der Waals surface area contributed by atoms with Gasteiger partial charge in [0, 0.05) is 5.41 Å². The summed E-state index contributed by atoms with van der Waals surface area (Å²) < 4.78 is 12.8. The molecule has 0 radical (unpaired) electrons. The van der Waals surface area contributed by atoms with E-state index in [1.807, 2.05) is 12.1 Å². The van der Waals surface area contributed by atoms with E-state index in [1.165, 1.54) is 59.9 Å². The summed E-state index contributed by atoms with van der Waals surface area (Å²) in [5, 5.41) is 9.18. The van der Waals surface area contributed by atoms with Gasteiger partial charge in [-0.25, -0.2) is 0 Å². The predicted molar refractivity (Wildman–Crippen MR) is 142 cm³/mol. The molecule has 176 valence electrons. The Labute approximate surface area is 209 Å². The molecule has 2 aliphatic carbocycles. The first-order chi connectivity index (χ1) is 16.7. The van der Waals surface area contributed by atoms with Gasteiger partial charge in [-0.3, -0.25) is 0 Å². The van der Waals surface area contributed by atoms with Crippen molar-refractivity contribution in [1.82, 2.24) is 0 Å². The quantitative estimate of drug-likeness (QED) is 0.396. The van der Waals surface area contributed by atoms with Crippen molar-refractivity contribution in [3.05, 3.63) is 77.4 Å². The molecule has 0 bridgehead atoms. The Kier molecular flexibility index (Phi) is 5.05. The first kappa shape index (κ1) is 22.6. The number of nitriles is 1. The second-order valence-corrected chi connectivity index (χ2v) is 11.5. The monoisotopic (exact) mass is 461 g/mol. The van der Waals surface area contributed by atoms with Gasteiger partial charge < -0.3 is 9.31 Å². The normalized spacial score (nSPS) is 20.9. The molecule has 3 aromatic carbocycles. The molecule has 0 atom stereocenters. The highest BCUT2D eigenvalue weighted by Gasteiger charge is 2.52. The minimum Gasteiger partial charge on any atom is -0.399 e. The molecular formula is C31H32BNO2. The van der Waals surface area contributed by atoms with Crippen LogP contribution in [0.2, 0.25) is 0 Å². The van der Waals surface area contributed by atoms with Crippen LogP contribution < -0.4 is 5.46 Å². The number of benzene rings is 3. The van der Waals surface area contributed by atoms with Gasteiger partial charge in [0.2, 0.25) is 0 Å². The SMILES string of the molecule is CC1(C)OB(c2ccc3c(c2)C2(CCCCC2)c2cc(-c4ccc(C#N)cc4)ccc2-3)OC1(C)C. The number of nitrogens with zero attached hydrogens (tertiary/aromatic N) is 1. The fourth-order valence-electron chi connectivity index (χ4n) is 6.25. The predicted octanol–water partition coefficient (Wildman–Crippen LogP) is 6.76. The fourth-order valence-corrected chi connectivity index (χ4v) is 6.25. The average molecular weight is 461 g/mol. The van der Waals surface area contributed by atoms with Crippen molar-refractivity contribution in [1.29, 1.82) is 5.26 Å². The van der Waals surface area contributed by atoms with Gasteiger partial charge in [0.05, 0.1) is 22.8 Å². The number of hydrogen-bond donors (Lipinski definition) is 0. The molecule has 0 N–H and O–H groups in total. The summed E-state index contributed by atoms with van der Waals surface area (Å²) in [6, 6.07) is 24.0. The minimum absolute atomic E-state index is 0.0468. The van der Waals surface area contributed by atoms with E-state index in [0.29, 0.717) is 5.56 Å². The molecule has 3 nitrogen and oxygen atoms in total. The van der Waals surface area contributed by atoms with Crippen LogP contribution in [0.3, 0.4) is 0 Å². The molecule has 1 aliphatic heterocycles. The van der Waals surface area contributed by atoms with Gasteiger partial charge in [-0.05, 0) is 97.6 Å². The van der Waals surface area contributed by atoms with Crippen LogP contribution in [0.1, 0.15) is 76.5 Å². The van der Waals surface area contributed by atoms with E-state index in [4.69, 9.17) is 9.31 Å². The molecule has 1 spiro atoms. The molecule has 2 fully saturated rings. The van der Waals surface area contributed by atoms with Crippen LogP contribution in [0.5, 0.6) is 0 Å². The van der Waals surface area contributed by atoms with Crippen molar-refractivity contribution >= 4 is 12.6 Å². The number of hydrogen-bond acceptors (Lipinski definition) is 3. The molecule has 35 heavy (non-hydrogen) atoms. The lowest BCUT2D eigenvalue weighted by Crippen LogP contribution is -2.41. The van der Waals surface area contributed by atoms with Crippen LogP contribution in [0, 0.1) is 11.3 Å². The highest BCUT2D eigenvalue weighted by atomic mass is 16.7. The van der Waals surface area contributed by atoms with Crippen molar-refractivity contribution < 1.29 is 9.31 Å². The molecule has 1 saturated heterocycles. The topological polar surface area (TPSA) is 42.2 Å². The Morgan fingerprint density at radius 3 is 1.91 bits per heavy atom. The molecule has 6 rings (SSSR count).